The second kappa shape index (κ2) is 5.86. The monoisotopic (exact) mass is 295 g/mol. The van der Waals surface area contributed by atoms with Crippen molar-refractivity contribution in [2.45, 2.75) is 19.0 Å². The van der Waals surface area contributed by atoms with Crippen LogP contribution in [0.1, 0.15) is 12.8 Å². The summed E-state index contributed by atoms with van der Waals surface area (Å²) in [6, 6.07) is 3.07. The highest BCUT2D eigenvalue weighted by atomic mass is 16.6. The maximum atomic E-state index is 11.2. The molecule has 1 N–H and O–H groups in total. The van der Waals surface area contributed by atoms with Crippen LogP contribution in [-0.4, -0.2) is 38.3 Å². The molecule has 1 aliphatic rings. The lowest BCUT2D eigenvalue weighted by atomic mass is 10.2. The van der Waals surface area contributed by atoms with Gasteiger partial charge in [-0.05, 0) is 6.42 Å². The Balaban J connectivity index is 2.22. The van der Waals surface area contributed by atoms with E-state index in [2.05, 4.69) is 10.1 Å². The van der Waals surface area contributed by atoms with Gasteiger partial charge in [0.1, 0.15) is 0 Å². The van der Waals surface area contributed by atoms with Crippen molar-refractivity contribution in [3.63, 3.8) is 0 Å². The largest absolute Gasteiger partial charge is 0.490 e. The number of esters is 1. The molecule has 0 bridgehead atoms. The number of carbonyl (C=O) groups excluding carboxylic acids is 1. The molecular formula is C13H17N3O5. The molecule has 1 unspecified atom stereocenters. The average molecular weight is 295 g/mol. The summed E-state index contributed by atoms with van der Waals surface area (Å²) in [7, 11) is 4.55. The Morgan fingerprint density at radius 1 is 1.48 bits per heavy atom. The van der Waals surface area contributed by atoms with Crippen LogP contribution >= 0.6 is 0 Å². The van der Waals surface area contributed by atoms with Gasteiger partial charge in [-0.3, -0.25) is 14.9 Å². The summed E-state index contributed by atoms with van der Waals surface area (Å²) >= 11 is 0. The summed E-state index contributed by atoms with van der Waals surface area (Å²) in [5, 5.41) is 14.3. The molecule has 8 heteroatoms. The molecule has 1 aliphatic heterocycles. The van der Waals surface area contributed by atoms with E-state index in [0.29, 0.717) is 12.1 Å². The number of benzene rings is 1. The van der Waals surface area contributed by atoms with Crippen molar-refractivity contribution < 1.29 is 19.2 Å². The van der Waals surface area contributed by atoms with Gasteiger partial charge < -0.3 is 19.7 Å². The molecule has 1 atom stereocenters. The number of nitro groups is 1. The Hall–Kier alpha value is -2.51. The molecule has 0 radical (unpaired) electrons. The summed E-state index contributed by atoms with van der Waals surface area (Å²) in [5.74, 6) is -0.0852. The van der Waals surface area contributed by atoms with E-state index in [1.165, 1.54) is 20.3 Å². The molecule has 8 nitrogen and oxygen atoms in total. The second-order valence-electron chi connectivity index (χ2n) is 4.68. The van der Waals surface area contributed by atoms with Crippen LogP contribution in [0.2, 0.25) is 0 Å². The van der Waals surface area contributed by atoms with E-state index >= 15 is 0 Å². The lowest BCUT2D eigenvalue weighted by Crippen LogP contribution is -2.32. The van der Waals surface area contributed by atoms with Crippen LogP contribution in [0.15, 0.2) is 12.1 Å². The first-order valence-corrected chi connectivity index (χ1v) is 6.40. The molecule has 0 saturated heterocycles. The fourth-order valence-corrected chi connectivity index (χ4v) is 2.34. The molecular weight excluding hydrogens is 278 g/mol. The minimum atomic E-state index is -0.477. The third kappa shape index (κ3) is 2.83. The number of ether oxygens (including phenoxy) is 2. The van der Waals surface area contributed by atoms with Crippen molar-refractivity contribution in [1.29, 1.82) is 0 Å². The van der Waals surface area contributed by atoms with Crippen molar-refractivity contribution in [1.82, 2.24) is 0 Å². The zero-order valence-corrected chi connectivity index (χ0v) is 12.1. The fraction of sp³-hybridized carbons (Fsp3) is 0.462. The van der Waals surface area contributed by atoms with Crippen LogP contribution in [0.4, 0.5) is 17.1 Å². The molecule has 1 aromatic rings. The molecule has 0 spiro atoms. The van der Waals surface area contributed by atoms with Crippen LogP contribution in [0.25, 0.3) is 0 Å². The lowest BCUT2D eigenvalue weighted by Gasteiger charge is -2.21. The topological polar surface area (TPSA) is 93.9 Å². The van der Waals surface area contributed by atoms with Gasteiger partial charge in [0.2, 0.25) is 0 Å². The predicted molar refractivity (Wildman–Crippen MR) is 76.7 cm³/mol. The van der Waals surface area contributed by atoms with Gasteiger partial charge in [-0.1, -0.05) is 0 Å². The fourth-order valence-electron chi connectivity index (χ4n) is 2.34. The van der Waals surface area contributed by atoms with Crippen LogP contribution in [0.5, 0.6) is 5.75 Å². The van der Waals surface area contributed by atoms with Crippen molar-refractivity contribution in [2.24, 2.45) is 0 Å². The smallest absolute Gasteiger partial charge is 0.313 e. The minimum Gasteiger partial charge on any atom is -0.490 e. The first kappa shape index (κ1) is 14.9. The SMILES string of the molecule is COC(=O)CCC1Nc2cc(OC)c([N+](=O)[O-])cc2N1C. The van der Waals surface area contributed by atoms with Crippen molar-refractivity contribution in [3.05, 3.63) is 22.2 Å². The minimum absolute atomic E-state index is 0.0847. The van der Waals surface area contributed by atoms with E-state index in [4.69, 9.17) is 4.74 Å². The predicted octanol–water partition coefficient (Wildman–Crippen LogP) is 1.74. The van der Waals surface area contributed by atoms with E-state index in [0.717, 1.165) is 5.69 Å². The summed E-state index contributed by atoms with van der Waals surface area (Å²) < 4.78 is 9.66. The molecule has 0 saturated carbocycles. The number of hydrogen-bond acceptors (Lipinski definition) is 7. The van der Waals surface area contributed by atoms with Gasteiger partial charge >= 0.3 is 11.7 Å². The van der Waals surface area contributed by atoms with Crippen LogP contribution in [0.3, 0.4) is 0 Å². The van der Waals surface area contributed by atoms with Gasteiger partial charge in [0.25, 0.3) is 0 Å². The summed E-state index contributed by atoms with van der Waals surface area (Å²) in [6.45, 7) is 0. The van der Waals surface area contributed by atoms with Gasteiger partial charge in [-0.15, -0.1) is 0 Å². The highest BCUT2D eigenvalue weighted by Crippen LogP contribution is 2.42. The van der Waals surface area contributed by atoms with E-state index < -0.39 is 4.92 Å². The van der Waals surface area contributed by atoms with Crippen LogP contribution < -0.4 is 15.0 Å². The molecule has 0 amide bonds. The molecule has 2 rings (SSSR count). The first-order chi connectivity index (χ1) is 9.97. The van der Waals surface area contributed by atoms with E-state index in [-0.39, 0.29) is 30.0 Å². The maximum Gasteiger partial charge on any atom is 0.313 e. The van der Waals surface area contributed by atoms with Crippen LogP contribution in [0, 0.1) is 10.1 Å². The van der Waals surface area contributed by atoms with Gasteiger partial charge in [-0.25, -0.2) is 0 Å². The van der Waals surface area contributed by atoms with Gasteiger partial charge in [-0.2, -0.15) is 0 Å². The Kier molecular flexibility index (Phi) is 4.15. The third-order valence-corrected chi connectivity index (χ3v) is 3.51. The number of hydrogen-bond donors (Lipinski definition) is 1. The third-order valence-electron chi connectivity index (χ3n) is 3.51. The normalized spacial score (nSPS) is 16.1. The molecule has 0 aromatic heterocycles. The van der Waals surface area contributed by atoms with Gasteiger partial charge in [0, 0.05) is 25.6 Å². The molecule has 0 fully saturated rings. The number of carbonyl (C=O) groups is 1. The Labute approximate surface area is 121 Å². The van der Waals surface area contributed by atoms with Gasteiger partial charge in [0.05, 0.1) is 36.7 Å². The molecule has 114 valence electrons. The Morgan fingerprint density at radius 2 is 2.19 bits per heavy atom. The van der Waals surface area contributed by atoms with Crippen molar-refractivity contribution in [2.75, 3.05) is 31.5 Å². The number of rotatable bonds is 5. The lowest BCUT2D eigenvalue weighted by molar-refractivity contribution is -0.385. The summed E-state index contributed by atoms with van der Waals surface area (Å²) in [4.78, 5) is 23.7. The number of anilines is 2. The zero-order chi connectivity index (χ0) is 15.6. The van der Waals surface area contributed by atoms with Crippen molar-refractivity contribution in [3.8, 4) is 5.75 Å². The van der Waals surface area contributed by atoms with E-state index in [1.54, 1.807) is 6.07 Å². The molecule has 1 aromatic carbocycles. The quantitative estimate of drug-likeness (QED) is 0.502. The first-order valence-electron chi connectivity index (χ1n) is 6.40. The number of fused-ring (bicyclic) bond motifs is 1. The molecule has 1 heterocycles. The van der Waals surface area contributed by atoms with E-state index in [9.17, 15) is 14.9 Å². The number of nitrogens with zero attached hydrogens (tertiary/aromatic N) is 2. The Bertz CT molecular complexity index is 575. The number of nitro benzene ring substituents is 1. The number of methoxy groups -OCH3 is 2. The Morgan fingerprint density at radius 3 is 2.76 bits per heavy atom. The standard InChI is InChI=1S/C13H17N3O5/c1-15-9-7-10(16(18)19)11(20-2)6-8(9)14-12(15)4-5-13(17)21-3/h6-7,12,14H,4-5H2,1-3H3. The van der Waals surface area contributed by atoms with Crippen LogP contribution in [-0.2, 0) is 9.53 Å². The molecule has 21 heavy (non-hydrogen) atoms. The van der Waals surface area contributed by atoms with Gasteiger partial charge in [0.15, 0.2) is 5.75 Å². The highest BCUT2D eigenvalue weighted by Gasteiger charge is 2.30. The zero-order valence-electron chi connectivity index (χ0n) is 12.1. The second-order valence-corrected chi connectivity index (χ2v) is 4.68. The maximum absolute atomic E-state index is 11.2. The summed E-state index contributed by atoms with van der Waals surface area (Å²) in [6.07, 6.45) is 0.686. The average Bonchev–Trinajstić information content (AvgIpc) is 2.79. The highest BCUT2D eigenvalue weighted by molar-refractivity contribution is 5.81. The molecule has 0 aliphatic carbocycles. The van der Waals surface area contributed by atoms with E-state index in [1.807, 2.05) is 11.9 Å². The number of nitrogens with one attached hydrogen (secondary N) is 1. The summed E-state index contributed by atoms with van der Waals surface area (Å²) in [5.41, 5.74) is 1.37. The van der Waals surface area contributed by atoms with Crippen molar-refractivity contribution >= 4 is 23.0 Å².